The van der Waals surface area contributed by atoms with Crippen LogP contribution in [0.4, 0.5) is 0 Å². The molecule has 0 fully saturated rings. The Morgan fingerprint density at radius 3 is 2.83 bits per heavy atom. The molecule has 1 amide bonds. The molecule has 3 atom stereocenters. The molecule has 0 bridgehead atoms. The van der Waals surface area contributed by atoms with E-state index in [1.807, 2.05) is 24.3 Å². The van der Waals surface area contributed by atoms with Gasteiger partial charge in [0.2, 0.25) is 0 Å². The lowest BCUT2D eigenvalue weighted by molar-refractivity contribution is -0.131. The van der Waals surface area contributed by atoms with Crippen LogP contribution in [0.1, 0.15) is 12.5 Å². The van der Waals surface area contributed by atoms with Gasteiger partial charge in [-0.1, -0.05) is 24.8 Å². The first-order chi connectivity index (χ1) is 11.4. The van der Waals surface area contributed by atoms with Crippen molar-refractivity contribution in [2.45, 2.75) is 31.5 Å². The average molecular weight is 375 g/mol. The molecule has 5 nitrogen and oxygen atoms in total. The lowest BCUT2D eigenvalue weighted by Gasteiger charge is -2.30. The Morgan fingerprint density at radius 1 is 1.54 bits per heavy atom. The van der Waals surface area contributed by atoms with Gasteiger partial charge >= 0.3 is 0 Å². The molecule has 1 aromatic rings. The lowest BCUT2D eigenvalue weighted by atomic mass is 10.0. The van der Waals surface area contributed by atoms with Crippen LogP contribution in [0.25, 0.3) is 0 Å². The van der Waals surface area contributed by atoms with Crippen molar-refractivity contribution in [3.8, 4) is 5.75 Å². The molecular weight excluding hydrogens is 351 g/mol. The first kappa shape index (κ1) is 20.8. The maximum atomic E-state index is 12.3. The van der Waals surface area contributed by atoms with Crippen molar-refractivity contribution in [2.75, 3.05) is 19.5 Å². The van der Waals surface area contributed by atoms with Crippen LogP contribution in [-0.4, -0.2) is 53.2 Å². The van der Waals surface area contributed by atoms with Gasteiger partial charge in [-0.25, -0.2) is 4.42 Å². The van der Waals surface area contributed by atoms with E-state index in [9.17, 15) is 9.90 Å². The molecule has 1 aromatic carbocycles. The van der Waals surface area contributed by atoms with Gasteiger partial charge in [0.1, 0.15) is 12.4 Å². The van der Waals surface area contributed by atoms with E-state index in [2.05, 4.69) is 11.9 Å². The third kappa shape index (κ3) is 5.98. The number of carbonyl (C=O) groups excluding carboxylic acids is 1. The second kappa shape index (κ2) is 10.6. The summed E-state index contributed by atoms with van der Waals surface area (Å²) in [6.45, 7) is 5.71. The summed E-state index contributed by atoms with van der Waals surface area (Å²) >= 11 is 12.0. The van der Waals surface area contributed by atoms with E-state index >= 15 is 0 Å². The SMILES string of the molecule is C=CCOc1cccc(C[C@@H]([C@H](O)CCl)N(Cl)C(=O)[C@H](C)NC)c1. The number of amides is 1. The quantitative estimate of drug-likeness (QED) is 0.375. The number of aliphatic hydroxyl groups excluding tert-OH is 1. The highest BCUT2D eigenvalue weighted by Gasteiger charge is 2.31. The standard InChI is InChI=1S/C17H24Cl2N2O3/c1-4-8-24-14-7-5-6-13(9-14)10-15(16(22)11-18)21(19)17(23)12(2)20-3/h4-7,9,12,15-16,20,22H,1,8,10-11H2,2-3H3/t12-,15-,16+/m0/s1. The van der Waals surface area contributed by atoms with Crippen LogP contribution in [-0.2, 0) is 11.2 Å². The fraction of sp³-hybridized carbons (Fsp3) is 0.471. The summed E-state index contributed by atoms with van der Waals surface area (Å²) in [7, 11) is 1.67. The van der Waals surface area contributed by atoms with Gasteiger partial charge in [-0.2, -0.15) is 0 Å². The number of likely N-dealkylation sites (N-methyl/N-ethyl adjacent to an activating group) is 1. The van der Waals surface area contributed by atoms with Crippen LogP contribution in [0.15, 0.2) is 36.9 Å². The minimum atomic E-state index is -0.949. The molecule has 0 saturated carbocycles. The topological polar surface area (TPSA) is 61.8 Å². The van der Waals surface area contributed by atoms with Gasteiger partial charge in [0.05, 0.1) is 24.1 Å². The van der Waals surface area contributed by atoms with Crippen LogP contribution < -0.4 is 10.1 Å². The summed E-state index contributed by atoms with van der Waals surface area (Å²) in [4.78, 5) is 12.3. The molecule has 0 aromatic heterocycles. The monoisotopic (exact) mass is 374 g/mol. The Bertz CT molecular complexity index is 542. The highest BCUT2D eigenvalue weighted by molar-refractivity contribution is 6.22. The molecule has 0 spiro atoms. The van der Waals surface area contributed by atoms with E-state index in [1.54, 1.807) is 20.0 Å². The Hall–Kier alpha value is -1.27. The third-order valence-corrected chi connectivity index (χ3v) is 4.35. The molecule has 24 heavy (non-hydrogen) atoms. The summed E-state index contributed by atoms with van der Waals surface area (Å²) in [6.07, 6.45) is 1.06. The highest BCUT2D eigenvalue weighted by Crippen LogP contribution is 2.20. The summed E-state index contributed by atoms with van der Waals surface area (Å²) in [5.74, 6) is 0.330. The molecule has 0 saturated heterocycles. The molecule has 134 valence electrons. The fourth-order valence-electron chi connectivity index (χ4n) is 2.10. The first-order valence-corrected chi connectivity index (χ1v) is 8.54. The van der Waals surface area contributed by atoms with Crippen molar-refractivity contribution in [1.82, 2.24) is 9.74 Å². The number of carbonyl (C=O) groups is 1. The third-order valence-electron chi connectivity index (χ3n) is 3.62. The summed E-state index contributed by atoms with van der Waals surface area (Å²) in [5.41, 5.74) is 0.876. The smallest absolute Gasteiger partial charge is 0.254 e. The number of nitrogens with zero attached hydrogens (tertiary/aromatic N) is 1. The van der Waals surface area contributed by atoms with Crippen molar-refractivity contribution in [3.05, 3.63) is 42.5 Å². The number of nitrogens with one attached hydrogen (secondary N) is 1. The Morgan fingerprint density at radius 2 is 2.25 bits per heavy atom. The normalized spacial score (nSPS) is 14.5. The van der Waals surface area contributed by atoms with Crippen LogP contribution >= 0.6 is 23.4 Å². The summed E-state index contributed by atoms with van der Waals surface area (Å²) in [5, 5.41) is 13.0. The number of hydrogen-bond donors (Lipinski definition) is 2. The number of ether oxygens (including phenoxy) is 1. The molecular formula is C17H24Cl2N2O3. The zero-order valence-electron chi connectivity index (χ0n) is 13.9. The number of alkyl halides is 1. The average Bonchev–Trinajstić information content (AvgIpc) is 2.62. The van der Waals surface area contributed by atoms with Crippen molar-refractivity contribution in [1.29, 1.82) is 0 Å². The molecule has 0 heterocycles. The maximum absolute atomic E-state index is 12.3. The van der Waals surface area contributed by atoms with Gasteiger partial charge in [0.25, 0.3) is 5.91 Å². The molecule has 0 unspecified atom stereocenters. The molecule has 7 heteroatoms. The Balaban J connectivity index is 2.93. The van der Waals surface area contributed by atoms with Gasteiger partial charge in [0, 0.05) is 11.8 Å². The van der Waals surface area contributed by atoms with E-state index in [4.69, 9.17) is 28.1 Å². The molecule has 1 rings (SSSR count). The van der Waals surface area contributed by atoms with E-state index in [-0.39, 0.29) is 11.8 Å². The highest BCUT2D eigenvalue weighted by atomic mass is 35.5. The van der Waals surface area contributed by atoms with E-state index < -0.39 is 18.2 Å². The number of hydrogen-bond acceptors (Lipinski definition) is 4. The number of aliphatic hydroxyl groups is 1. The zero-order chi connectivity index (χ0) is 18.1. The first-order valence-electron chi connectivity index (χ1n) is 7.67. The summed E-state index contributed by atoms with van der Waals surface area (Å²) in [6, 6.07) is 6.28. The molecule has 0 radical (unpaired) electrons. The predicted octanol–water partition coefficient (Wildman–Crippen LogP) is 2.35. The van der Waals surface area contributed by atoms with Crippen molar-refractivity contribution < 1.29 is 14.6 Å². The van der Waals surface area contributed by atoms with Crippen LogP contribution in [0.5, 0.6) is 5.75 Å². The minimum Gasteiger partial charge on any atom is -0.490 e. The lowest BCUT2D eigenvalue weighted by Crippen LogP contribution is -2.49. The van der Waals surface area contributed by atoms with Gasteiger partial charge in [-0.15, -0.1) is 11.6 Å². The molecule has 0 aliphatic heterocycles. The maximum Gasteiger partial charge on any atom is 0.254 e. The van der Waals surface area contributed by atoms with Crippen LogP contribution in [0.2, 0.25) is 0 Å². The van der Waals surface area contributed by atoms with E-state index in [0.29, 0.717) is 18.8 Å². The second-order valence-corrected chi connectivity index (χ2v) is 6.07. The molecule has 0 aliphatic carbocycles. The van der Waals surface area contributed by atoms with Gasteiger partial charge in [-0.05, 0) is 38.1 Å². The second-order valence-electron chi connectivity index (χ2n) is 5.40. The molecule has 0 aliphatic rings. The number of halogens is 2. The van der Waals surface area contributed by atoms with Crippen molar-refractivity contribution in [2.24, 2.45) is 0 Å². The fourth-order valence-corrected chi connectivity index (χ4v) is 2.65. The largest absolute Gasteiger partial charge is 0.490 e. The van der Waals surface area contributed by atoms with Crippen LogP contribution in [0.3, 0.4) is 0 Å². The Labute approximate surface area is 153 Å². The van der Waals surface area contributed by atoms with E-state index in [0.717, 1.165) is 9.98 Å². The van der Waals surface area contributed by atoms with Gasteiger partial charge < -0.3 is 15.2 Å². The zero-order valence-corrected chi connectivity index (χ0v) is 15.4. The Kier molecular flexibility index (Phi) is 9.14. The van der Waals surface area contributed by atoms with Gasteiger partial charge in [-0.3, -0.25) is 4.79 Å². The van der Waals surface area contributed by atoms with Crippen LogP contribution in [0, 0.1) is 0 Å². The minimum absolute atomic E-state index is 0.0260. The van der Waals surface area contributed by atoms with E-state index in [1.165, 1.54) is 0 Å². The van der Waals surface area contributed by atoms with Crippen molar-refractivity contribution >= 4 is 29.3 Å². The molecule has 2 N–H and O–H groups in total. The number of benzene rings is 1. The van der Waals surface area contributed by atoms with Gasteiger partial charge in [0.15, 0.2) is 0 Å². The summed E-state index contributed by atoms with van der Waals surface area (Å²) < 4.78 is 6.53. The van der Waals surface area contributed by atoms with Crippen molar-refractivity contribution in [3.63, 3.8) is 0 Å². The predicted molar refractivity (Wildman–Crippen MR) is 97.6 cm³/mol. The number of rotatable bonds is 10.